The van der Waals surface area contributed by atoms with Crippen LogP contribution in [-0.2, 0) is 9.53 Å². The SMILES string of the molecule is C#CCOc1c(Br)cc(/C=C(\C#N)C(=O)NCC2CCCO2)cc1OC. The van der Waals surface area contributed by atoms with Gasteiger partial charge < -0.3 is 19.5 Å². The maximum Gasteiger partial charge on any atom is 0.262 e. The number of nitriles is 1. The van der Waals surface area contributed by atoms with Gasteiger partial charge in [-0.3, -0.25) is 4.79 Å². The Bertz CT molecular complexity index is 771. The highest BCUT2D eigenvalue weighted by molar-refractivity contribution is 9.10. The van der Waals surface area contributed by atoms with Gasteiger partial charge >= 0.3 is 0 Å². The number of nitrogens with zero attached hydrogens (tertiary/aromatic N) is 1. The monoisotopic (exact) mass is 418 g/mol. The summed E-state index contributed by atoms with van der Waals surface area (Å²) in [5.41, 5.74) is 0.611. The van der Waals surface area contributed by atoms with Gasteiger partial charge in [0.2, 0.25) is 0 Å². The summed E-state index contributed by atoms with van der Waals surface area (Å²) in [5.74, 6) is 2.85. The van der Waals surface area contributed by atoms with Gasteiger partial charge in [-0.05, 0) is 52.5 Å². The zero-order valence-electron chi connectivity index (χ0n) is 14.4. The molecule has 0 radical (unpaired) electrons. The lowest BCUT2D eigenvalue weighted by Gasteiger charge is -2.12. The molecule has 26 heavy (non-hydrogen) atoms. The molecule has 1 fully saturated rings. The second kappa shape index (κ2) is 9.86. The van der Waals surface area contributed by atoms with Crippen molar-refractivity contribution in [2.75, 3.05) is 26.9 Å². The summed E-state index contributed by atoms with van der Waals surface area (Å²) in [4.78, 5) is 12.2. The molecule has 1 aromatic carbocycles. The largest absolute Gasteiger partial charge is 0.493 e. The first kappa shape index (κ1) is 19.8. The molecule has 1 heterocycles. The molecular formula is C19H19BrN2O4. The Labute approximate surface area is 161 Å². The third-order valence-electron chi connectivity index (χ3n) is 3.74. The molecule has 0 aromatic heterocycles. The normalized spacial score (nSPS) is 16.5. The third-order valence-corrected chi connectivity index (χ3v) is 4.33. The summed E-state index contributed by atoms with van der Waals surface area (Å²) < 4.78 is 16.8. The first-order valence-electron chi connectivity index (χ1n) is 8.04. The van der Waals surface area contributed by atoms with Crippen molar-refractivity contribution in [1.82, 2.24) is 5.32 Å². The van der Waals surface area contributed by atoms with Crippen LogP contribution in [0.3, 0.4) is 0 Å². The maximum atomic E-state index is 12.2. The van der Waals surface area contributed by atoms with E-state index in [1.54, 1.807) is 12.1 Å². The zero-order chi connectivity index (χ0) is 18.9. The van der Waals surface area contributed by atoms with E-state index in [1.807, 2.05) is 6.07 Å². The molecule has 6 nitrogen and oxygen atoms in total. The molecule has 0 saturated carbocycles. The number of ether oxygens (including phenoxy) is 3. The number of carbonyl (C=O) groups excluding carboxylic acids is 1. The topological polar surface area (TPSA) is 80.6 Å². The van der Waals surface area contributed by atoms with Crippen LogP contribution in [0.1, 0.15) is 18.4 Å². The summed E-state index contributed by atoms with van der Waals surface area (Å²) in [5, 5.41) is 12.0. The van der Waals surface area contributed by atoms with Crippen molar-refractivity contribution in [3.05, 3.63) is 27.7 Å². The molecule has 1 aromatic rings. The number of amides is 1. The summed E-state index contributed by atoms with van der Waals surface area (Å²) in [6.07, 6.45) is 8.61. The van der Waals surface area contributed by atoms with Crippen LogP contribution in [0.25, 0.3) is 6.08 Å². The number of methoxy groups -OCH3 is 1. The van der Waals surface area contributed by atoms with Crippen LogP contribution in [-0.4, -0.2) is 38.9 Å². The molecular weight excluding hydrogens is 400 g/mol. The Morgan fingerprint density at radius 1 is 1.58 bits per heavy atom. The van der Waals surface area contributed by atoms with E-state index in [4.69, 9.17) is 20.6 Å². The first-order chi connectivity index (χ1) is 12.6. The zero-order valence-corrected chi connectivity index (χ0v) is 16.0. The molecule has 1 amide bonds. The minimum Gasteiger partial charge on any atom is -0.493 e. The van der Waals surface area contributed by atoms with Crippen LogP contribution < -0.4 is 14.8 Å². The van der Waals surface area contributed by atoms with Gasteiger partial charge in [-0.2, -0.15) is 5.26 Å². The average molecular weight is 419 g/mol. The highest BCUT2D eigenvalue weighted by atomic mass is 79.9. The fraction of sp³-hybridized carbons (Fsp3) is 0.368. The Morgan fingerprint density at radius 3 is 3.00 bits per heavy atom. The predicted octanol–water partition coefficient (Wildman–Crippen LogP) is 2.67. The van der Waals surface area contributed by atoms with Crippen molar-refractivity contribution in [3.8, 4) is 29.9 Å². The lowest BCUT2D eigenvalue weighted by Crippen LogP contribution is -2.32. The number of terminal acetylenes is 1. The summed E-state index contributed by atoms with van der Waals surface area (Å²) in [6, 6.07) is 5.32. The fourth-order valence-electron chi connectivity index (χ4n) is 2.50. The number of carbonyl (C=O) groups is 1. The van der Waals surface area contributed by atoms with E-state index < -0.39 is 5.91 Å². The Kier molecular flexibility index (Phi) is 7.53. The fourth-order valence-corrected chi connectivity index (χ4v) is 3.07. The van der Waals surface area contributed by atoms with Crippen LogP contribution in [0.4, 0.5) is 0 Å². The molecule has 1 atom stereocenters. The minimum atomic E-state index is -0.439. The van der Waals surface area contributed by atoms with Crippen molar-refractivity contribution in [3.63, 3.8) is 0 Å². The van der Waals surface area contributed by atoms with E-state index in [0.29, 0.717) is 34.7 Å². The van der Waals surface area contributed by atoms with E-state index in [9.17, 15) is 10.1 Å². The number of rotatable bonds is 7. The molecule has 0 spiro atoms. The Hall–Kier alpha value is -2.48. The molecule has 0 aliphatic carbocycles. The van der Waals surface area contributed by atoms with Crippen LogP contribution in [0.15, 0.2) is 22.2 Å². The molecule has 0 bridgehead atoms. The maximum absolute atomic E-state index is 12.2. The smallest absolute Gasteiger partial charge is 0.262 e. The van der Waals surface area contributed by atoms with E-state index in [1.165, 1.54) is 13.2 Å². The van der Waals surface area contributed by atoms with Crippen molar-refractivity contribution in [2.45, 2.75) is 18.9 Å². The quantitative estimate of drug-likeness (QED) is 0.418. The summed E-state index contributed by atoms with van der Waals surface area (Å²) in [7, 11) is 1.50. The second-order valence-electron chi connectivity index (χ2n) is 5.54. The van der Waals surface area contributed by atoms with Crippen molar-refractivity contribution < 1.29 is 19.0 Å². The standard InChI is InChI=1S/C19H19BrN2O4/c1-3-6-26-18-16(20)9-13(10-17(18)24-2)8-14(11-21)19(23)22-12-15-5-4-7-25-15/h1,8-10,15H,4-7,12H2,2H3,(H,22,23)/b14-8+. The highest BCUT2D eigenvalue weighted by Crippen LogP contribution is 2.37. The van der Waals surface area contributed by atoms with Gasteiger partial charge in [0, 0.05) is 13.2 Å². The van der Waals surface area contributed by atoms with Crippen LogP contribution in [0.2, 0.25) is 0 Å². The molecule has 1 aliphatic rings. The predicted molar refractivity (Wildman–Crippen MR) is 101 cm³/mol. The number of benzene rings is 1. The van der Waals surface area contributed by atoms with Gasteiger partial charge in [0.05, 0.1) is 17.7 Å². The third kappa shape index (κ3) is 5.26. The minimum absolute atomic E-state index is 0.00533. The first-order valence-corrected chi connectivity index (χ1v) is 8.83. The van der Waals surface area contributed by atoms with Gasteiger partial charge in [-0.1, -0.05) is 5.92 Å². The van der Waals surface area contributed by atoms with Crippen LogP contribution >= 0.6 is 15.9 Å². The molecule has 1 N–H and O–H groups in total. The lowest BCUT2D eigenvalue weighted by molar-refractivity contribution is -0.117. The van der Waals surface area contributed by atoms with Gasteiger partial charge in [-0.15, -0.1) is 6.42 Å². The summed E-state index contributed by atoms with van der Waals surface area (Å²) in [6.45, 7) is 1.20. The van der Waals surface area contributed by atoms with E-state index >= 15 is 0 Å². The molecule has 1 aliphatic heterocycles. The van der Waals surface area contributed by atoms with E-state index in [-0.39, 0.29) is 18.3 Å². The Morgan fingerprint density at radius 2 is 2.38 bits per heavy atom. The van der Waals surface area contributed by atoms with E-state index in [2.05, 4.69) is 27.2 Å². The lowest BCUT2D eigenvalue weighted by atomic mass is 10.1. The van der Waals surface area contributed by atoms with Gasteiger partial charge in [0.25, 0.3) is 5.91 Å². The van der Waals surface area contributed by atoms with E-state index in [0.717, 1.165) is 12.8 Å². The number of halogens is 1. The summed E-state index contributed by atoms with van der Waals surface area (Å²) >= 11 is 3.39. The highest BCUT2D eigenvalue weighted by Gasteiger charge is 2.18. The number of nitrogens with one attached hydrogen (secondary N) is 1. The van der Waals surface area contributed by atoms with Gasteiger partial charge in [0.1, 0.15) is 18.2 Å². The second-order valence-corrected chi connectivity index (χ2v) is 6.40. The number of hydrogen-bond donors (Lipinski definition) is 1. The van der Waals surface area contributed by atoms with Crippen LogP contribution in [0, 0.1) is 23.7 Å². The van der Waals surface area contributed by atoms with Crippen LogP contribution in [0.5, 0.6) is 11.5 Å². The van der Waals surface area contributed by atoms with Crippen molar-refractivity contribution in [1.29, 1.82) is 5.26 Å². The molecule has 2 rings (SSSR count). The molecule has 1 saturated heterocycles. The average Bonchev–Trinajstić information content (AvgIpc) is 3.16. The molecule has 136 valence electrons. The number of hydrogen-bond acceptors (Lipinski definition) is 5. The van der Waals surface area contributed by atoms with Gasteiger partial charge in [-0.25, -0.2) is 0 Å². The van der Waals surface area contributed by atoms with Crippen molar-refractivity contribution >= 4 is 27.9 Å². The van der Waals surface area contributed by atoms with Crippen molar-refractivity contribution in [2.24, 2.45) is 0 Å². The molecule has 1 unspecified atom stereocenters. The molecule has 7 heteroatoms. The Balaban J connectivity index is 2.16. The van der Waals surface area contributed by atoms with Gasteiger partial charge in [0.15, 0.2) is 11.5 Å².